The van der Waals surface area contributed by atoms with Crippen LogP contribution in [0.3, 0.4) is 0 Å². The summed E-state index contributed by atoms with van der Waals surface area (Å²) in [7, 11) is 0. The molecule has 0 spiro atoms. The van der Waals surface area contributed by atoms with E-state index in [9.17, 15) is 23.3 Å². The Kier molecular flexibility index (Phi) is 6.78. The van der Waals surface area contributed by atoms with Gasteiger partial charge >= 0.3 is 18.2 Å². The number of nitrogens with zero attached hydrogens (tertiary/aromatic N) is 5. The maximum absolute atomic E-state index is 12.3. The van der Waals surface area contributed by atoms with Crippen molar-refractivity contribution in [3.8, 4) is 17.5 Å². The van der Waals surface area contributed by atoms with E-state index in [1.54, 1.807) is 16.7 Å². The third-order valence-corrected chi connectivity index (χ3v) is 6.44. The molecule has 0 N–H and O–H groups in total. The molecule has 1 atom stereocenters. The second kappa shape index (κ2) is 10.0. The molecule has 1 fully saturated rings. The van der Waals surface area contributed by atoms with Crippen LogP contribution >= 0.6 is 0 Å². The Bertz CT molecular complexity index is 1250. The highest BCUT2D eigenvalue weighted by molar-refractivity contribution is 5.49. The molecule has 2 aliphatic heterocycles. The Morgan fingerprint density at radius 1 is 1.05 bits per heavy atom. The number of nitro groups is 1. The largest absolute Gasteiger partial charge is 0.573 e. The fraction of sp³-hybridized carbons (Fsp3) is 0.400. The molecule has 1 unspecified atom stereocenters. The zero-order chi connectivity index (χ0) is 26.9. The van der Waals surface area contributed by atoms with Crippen LogP contribution in [0.25, 0.3) is 0 Å². The van der Waals surface area contributed by atoms with Crippen LogP contribution < -0.4 is 19.1 Å². The van der Waals surface area contributed by atoms with Gasteiger partial charge in [0.1, 0.15) is 24.3 Å². The van der Waals surface area contributed by atoms with Crippen LogP contribution in [-0.2, 0) is 13.1 Å². The smallest absolute Gasteiger partial charge is 0.489 e. The van der Waals surface area contributed by atoms with E-state index in [1.807, 2.05) is 31.2 Å². The van der Waals surface area contributed by atoms with Gasteiger partial charge in [0, 0.05) is 43.4 Å². The van der Waals surface area contributed by atoms with Crippen LogP contribution in [-0.4, -0.2) is 64.1 Å². The summed E-state index contributed by atoms with van der Waals surface area (Å²) in [6.45, 7) is 6.46. The maximum Gasteiger partial charge on any atom is 0.573 e. The SMILES string of the molecule is CC1(COc2ccc(N3CCN(Cc4ccc(OC(F)(F)F)cc4)CC3)cc2)Cn2cc([N+](=O)[O-])nc2O1. The predicted octanol–water partition coefficient (Wildman–Crippen LogP) is 4.24. The van der Waals surface area contributed by atoms with E-state index >= 15 is 0 Å². The first-order valence-electron chi connectivity index (χ1n) is 12.0. The van der Waals surface area contributed by atoms with Crippen LogP contribution in [0.1, 0.15) is 12.5 Å². The van der Waals surface area contributed by atoms with E-state index in [2.05, 4.69) is 19.5 Å². The number of benzene rings is 2. The number of piperazine rings is 1. The van der Waals surface area contributed by atoms with Gasteiger partial charge in [0.25, 0.3) is 0 Å². The van der Waals surface area contributed by atoms with Gasteiger partial charge in [-0.15, -0.1) is 13.2 Å². The highest BCUT2D eigenvalue weighted by Gasteiger charge is 2.41. The van der Waals surface area contributed by atoms with Gasteiger partial charge in [-0.1, -0.05) is 12.1 Å². The van der Waals surface area contributed by atoms with E-state index < -0.39 is 16.9 Å². The standard InChI is InChI=1S/C25H26F3N5O5/c1-24(16-32-15-22(33(34)35)29-23(32)38-24)17-36-20-8-4-19(5-9-20)31-12-10-30(11-13-31)14-18-2-6-21(7-3-18)37-25(26,27)28/h2-9,15H,10-14,16-17H2,1H3. The second-order valence-electron chi connectivity index (χ2n) is 9.56. The second-order valence-corrected chi connectivity index (χ2v) is 9.56. The number of rotatable bonds is 8. The molecule has 2 aliphatic rings. The minimum absolute atomic E-state index is 0.213. The number of aromatic nitrogens is 2. The van der Waals surface area contributed by atoms with Gasteiger partial charge in [-0.05, 0) is 53.8 Å². The fourth-order valence-electron chi connectivity index (χ4n) is 4.56. The summed E-state index contributed by atoms with van der Waals surface area (Å²) in [5, 5.41) is 10.9. The van der Waals surface area contributed by atoms with Crippen molar-refractivity contribution < 1.29 is 32.3 Å². The molecule has 5 rings (SSSR count). The van der Waals surface area contributed by atoms with E-state index in [4.69, 9.17) is 9.47 Å². The van der Waals surface area contributed by atoms with Crippen molar-refractivity contribution >= 4 is 11.5 Å². The van der Waals surface area contributed by atoms with Crippen molar-refractivity contribution in [2.45, 2.75) is 32.0 Å². The number of alkyl halides is 3. The van der Waals surface area contributed by atoms with Crippen molar-refractivity contribution in [3.05, 3.63) is 70.4 Å². The van der Waals surface area contributed by atoms with Gasteiger partial charge < -0.3 is 29.2 Å². The van der Waals surface area contributed by atoms with Crippen molar-refractivity contribution in [2.75, 3.05) is 37.7 Å². The number of fused-ring (bicyclic) bond motifs is 1. The first-order chi connectivity index (χ1) is 18.1. The monoisotopic (exact) mass is 533 g/mol. The summed E-state index contributed by atoms with van der Waals surface area (Å²) in [5.74, 6) is 0.222. The molecular weight excluding hydrogens is 507 g/mol. The lowest BCUT2D eigenvalue weighted by Crippen LogP contribution is -2.45. The summed E-state index contributed by atoms with van der Waals surface area (Å²) < 4.78 is 54.3. The molecule has 0 radical (unpaired) electrons. The lowest BCUT2D eigenvalue weighted by molar-refractivity contribution is -0.389. The highest BCUT2D eigenvalue weighted by Crippen LogP contribution is 2.32. The third-order valence-electron chi connectivity index (χ3n) is 6.44. The van der Waals surface area contributed by atoms with Crippen molar-refractivity contribution in [2.24, 2.45) is 0 Å². The predicted molar refractivity (Wildman–Crippen MR) is 130 cm³/mol. The van der Waals surface area contributed by atoms with Gasteiger partial charge in [0.05, 0.1) is 6.54 Å². The van der Waals surface area contributed by atoms with Crippen LogP contribution in [0.2, 0.25) is 0 Å². The lowest BCUT2D eigenvalue weighted by Gasteiger charge is -2.36. The molecule has 0 bridgehead atoms. The van der Waals surface area contributed by atoms with Gasteiger partial charge in [0.15, 0.2) is 5.60 Å². The fourth-order valence-corrected chi connectivity index (χ4v) is 4.56. The van der Waals surface area contributed by atoms with Crippen LogP contribution in [0.15, 0.2) is 54.7 Å². The number of imidazole rings is 1. The summed E-state index contributed by atoms with van der Waals surface area (Å²) in [4.78, 5) is 18.7. The van der Waals surface area contributed by atoms with Crippen LogP contribution in [0.4, 0.5) is 24.7 Å². The summed E-state index contributed by atoms with van der Waals surface area (Å²) in [6, 6.07) is 14.0. The van der Waals surface area contributed by atoms with Crippen molar-refractivity contribution in [1.29, 1.82) is 0 Å². The Labute approximate surface area is 216 Å². The van der Waals surface area contributed by atoms with E-state index in [0.717, 1.165) is 37.4 Å². The number of hydrogen-bond donors (Lipinski definition) is 0. The van der Waals surface area contributed by atoms with E-state index in [0.29, 0.717) is 18.8 Å². The number of halogens is 3. The Morgan fingerprint density at radius 3 is 2.32 bits per heavy atom. The number of hydrogen-bond acceptors (Lipinski definition) is 8. The molecule has 0 aliphatic carbocycles. The molecule has 0 saturated carbocycles. The van der Waals surface area contributed by atoms with Crippen molar-refractivity contribution in [1.82, 2.24) is 14.5 Å². The molecular formula is C25H26F3N5O5. The van der Waals surface area contributed by atoms with E-state index in [1.165, 1.54) is 18.3 Å². The first kappa shape index (κ1) is 25.6. The average molecular weight is 534 g/mol. The highest BCUT2D eigenvalue weighted by atomic mass is 19.4. The minimum atomic E-state index is -4.69. The molecule has 13 heteroatoms. The van der Waals surface area contributed by atoms with Gasteiger partial charge in [-0.2, -0.15) is 0 Å². The zero-order valence-electron chi connectivity index (χ0n) is 20.6. The van der Waals surface area contributed by atoms with Crippen LogP contribution in [0.5, 0.6) is 17.5 Å². The lowest BCUT2D eigenvalue weighted by atomic mass is 10.1. The van der Waals surface area contributed by atoms with Gasteiger partial charge in [-0.3, -0.25) is 9.47 Å². The molecule has 1 aromatic heterocycles. The van der Waals surface area contributed by atoms with Crippen LogP contribution in [0, 0.1) is 10.1 Å². The molecule has 10 nitrogen and oxygen atoms in total. The Hall–Kier alpha value is -4.00. The van der Waals surface area contributed by atoms with Crippen molar-refractivity contribution in [3.63, 3.8) is 0 Å². The number of anilines is 1. The molecule has 3 heterocycles. The zero-order valence-corrected chi connectivity index (χ0v) is 20.6. The molecule has 3 aromatic rings. The molecule has 0 amide bonds. The molecule has 38 heavy (non-hydrogen) atoms. The first-order valence-corrected chi connectivity index (χ1v) is 12.0. The molecule has 1 saturated heterocycles. The third kappa shape index (κ3) is 6.10. The van der Waals surface area contributed by atoms with Gasteiger partial charge in [-0.25, -0.2) is 0 Å². The van der Waals surface area contributed by atoms with Gasteiger partial charge in [0.2, 0.25) is 0 Å². The molecule has 2 aromatic carbocycles. The Balaban J connectivity index is 1.07. The minimum Gasteiger partial charge on any atom is -0.489 e. The summed E-state index contributed by atoms with van der Waals surface area (Å²) >= 11 is 0. The Morgan fingerprint density at radius 2 is 1.71 bits per heavy atom. The van der Waals surface area contributed by atoms with E-state index in [-0.39, 0.29) is 24.2 Å². The normalized spacial score (nSPS) is 19.6. The maximum atomic E-state index is 12.3. The topological polar surface area (TPSA) is 95.1 Å². The summed E-state index contributed by atoms with van der Waals surface area (Å²) in [6.07, 6.45) is -3.33. The number of ether oxygens (including phenoxy) is 3. The summed E-state index contributed by atoms with van der Waals surface area (Å²) in [5.41, 5.74) is 1.32. The quantitative estimate of drug-likeness (QED) is 0.314. The average Bonchev–Trinajstić information content (AvgIpc) is 3.40. The molecule has 202 valence electrons.